The number of para-hydroxylation sites is 1. The molecule has 0 saturated carbocycles. The Kier molecular flexibility index (Phi) is 7.76. The highest BCUT2D eigenvalue weighted by Gasteiger charge is 2.27. The molecule has 2 N–H and O–H groups in total. The molecule has 0 bridgehead atoms. The zero-order chi connectivity index (χ0) is 29.1. The number of morpholine rings is 1. The van der Waals surface area contributed by atoms with Crippen molar-refractivity contribution < 1.29 is 18.7 Å². The van der Waals surface area contributed by atoms with Crippen LogP contribution in [0.15, 0.2) is 94.3 Å². The Hall–Kier alpha value is -4.86. The van der Waals surface area contributed by atoms with Crippen LogP contribution in [0.4, 0.5) is 11.6 Å². The lowest BCUT2D eigenvalue weighted by molar-refractivity contribution is 0.0277. The average molecular weight is 563 g/mol. The number of ketones is 1. The Morgan fingerprint density at radius 3 is 2.67 bits per heavy atom. The lowest BCUT2D eigenvalue weighted by Gasteiger charge is -2.26. The van der Waals surface area contributed by atoms with Crippen LogP contribution in [0, 0.1) is 0 Å². The van der Waals surface area contributed by atoms with E-state index in [1.165, 1.54) is 6.92 Å². The maximum Gasteiger partial charge on any atom is 0.347 e. The van der Waals surface area contributed by atoms with E-state index in [2.05, 4.69) is 15.6 Å². The Morgan fingerprint density at radius 2 is 1.88 bits per heavy atom. The first-order chi connectivity index (χ1) is 20.5. The molecule has 0 spiro atoms. The summed E-state index contributed by atoms with van der Waals surface area (Å²) in [5.41, 5.74) is 3.44. The third-order valence-electron chi connectivity index (χ3n) is 7.20. The summed E-state index contributed by atoms with van der Waals surface area (Å²) in [5, 5.41) is 7.12. The monoisotopic (exact) mass is 562 g/mol. The van der Waals surface area contributed by atoms with Crippen LogP contribution in [0.2, 0.25) is 0 Å². The molecular weight excluding hydrogens is 532 g/mol. The van der Waals surface area contributed by atoms with Crippen molar-refractivity contribution in [2.24, 2.45) is 0 Å². The molecule has 1 aliphatic heterocycles. The van der Waals surface area contributed by atoms with E-state index in [1.54, 1.807) is 12.3 Å². The van der Waals surface area contributed by atoms with Gasteiger partial charge in [0.15, 0.2) is 5.78 Å². The SMILES string of the molecule is CC(=O)c1c(C2CNCCO2)c2ccc(Nc3nccc(-c4ccccc4OC(C)c4ccccc4)n3)cc2oc1=O. The van der Waals surface area contributed by atoms with Gasteiger partial charge in [-0.25, -0.2) is 14.8 Å². The first-order valence-corrected chi connectivity index (χ1v) is 13.8. The minimum Gasteiger partial charge on any atom is -0.485 e. The average Bonchev–Trinajstić information content (AvgIpc) is 3.01. The molecule has 5 aromatic rings. The van der Waals surface area contributed by atoms with E-state index in [-0.39, 0.29) is 17.5 Å². The lowest BCUT2D eigenvalue weighted by atomic mass is 9.96. The Labute approximate surface area is 242 Å². The maximum absolute atomic E-state index is 12.9. The molecule has 3 heterocycles. The molecule has 2 atom stereocenters. The van der Waals surface area contributed by atoms with Crippen LogP contribution in [0.1, 0.15) is 47.5 Å². The fourth-order valence-corrected chi connectivity index (χ4v) is 5.18. The molecule has 1 saturated heterocycles. The van der Waals surface area contributed by atoms with E-state index >= 15 is 0 Å². The summed E-state index contributed by atoms with van der Waals surface area (Å²) in [5.74, 6) is 0.712. The van der Waals surface area contributed by atoms with Gasteiger partial charge in [0.2, 0.25) is 5.95 Å². The number of benzene rings is 3. The number of hydrogen-bond acceptors (Lipinski definition) is 9. The third-order valence-corrected chi connectivity index (χ3v) is 7.20. The van der Waals surface area contributed by atoms with E-state index in [0.29, 0.717) is 59.3 Å². The van der Waals surface area contributed by atoms with Crippen molar-refractivity contribution >= 4 is 28.4 Å². The number of Topliss-reactive ketones (excluding diaryl/α,β-unsaturated/α-hetero) is 1. The number of nitrogens with zero attached hydrogens (tertiary/aromatic N) is 2. The summed E-state index contributed by atoms with van der Waals surface area (Å²) >= 11 is 0. The molecule has 3 aromatic carbocycles. The van der Waals surface area contributed by atoms with Gasteiger partial charge < -0.3 is 24.5 Å². The summed E-state index contributed by atoms with van der Waals surface area (Å²) in [6, 6.07) is 25.0. The molecule has 2 aromatic heterocycles. The van der Waals surface area contributed by atoms with Crippen molar-refractivity contribution in [3.8, 4) is 17.0 Å². The van der Waals surface area contributed by atoms with Gasteiger partial charge in [0.25, 0.3) is 0 Å². The summed E-state index contributed by atoms with van der Waals surface area (Å²) in [7, 11) is 0. The molecule has 9 nitrogen and oxygen atoms in total. The normalized spacial score (nSPS) is 15.7. The largest absolute Gasteiger partial charge is 0.485 e. The van der Waals surface area contributed by atoms with Gasteiger partial charge in [0.1, 0.15) is 23.0 Å². The van der Waals surface area contributed by atoms with Gasteiger partial charge in [-0.05, 0) is 49.7 Å². The smallest absolute Gasteiger partial charge is 0.347 e. The number of rotatable bonds is 8. The summed E-state index contributed by atoms with van der Waals surface area (Å²) < 4.78 is 17.8. The van der Waals surface area contributed by atoms with Crippen molar-refractivity contribution in [3.63, 3.8) is 0 Å². The zero-order valence-electron chi connectivity index (χ0n) is 23.3. The summed E-state index contributed by atoms with van der Waals surface area (Å²) in [6.07, 6.45) is 1.09. The Bertz CT molecular complexity index is 1800. The van der Waals surface area contributed by atoms with E-state index in [9.17, 15) is 9.59 Å². The highest BCUT2D eigenvalue weighted by Crippen LogP contribution is 2.34. The van der Waals surface area contributed by atoms with Crippen molar-refractivity contribution in [2.75, 3.05) is 25.0 Å². The van der Waals surface area contributed by atoms with E-state index < -0.39 is 11.7 Å². The topological polar surface area (TPSA) is 116 Å². The summed E-state index contributed by atoms with van der Waals surface area (Å²) in [6.45, 7) is 5.06. The van der Waals surface area contributed by atoms with Crippen molar-refractivity contribution in [2.45, 2.75) is 26.1 Å². The molecule has 0 radical (unpaired) electrons. The second-order valence-electron chi connectivity index (χ2n) is 10.1. The molecule has 0 aliphatic carbocycles. The van der Waals surface area contributed by atoms with Crippen LogP contribution in [-0.2, 0) is 4.74 Å². The van der Waals surface area contributed by atoms with E-state index in [4.69, 9.17) is 18.9 Å². The lowest BCUT2D eigenvalue weighted by Crippen LogP contribution is -2.35. The van der Waals surface area contributed by atoms with Crippen molar-refractivity contribution in [1.82, 2.24) is 15.3 Å². The van der Waals surface area contributed by atoms with Crippen molar-refractivity contribution in [3.05, 3.63) is 112 Å². The zero-order valence-corrected chi connectivity index (χ0v) is 23.3. The Morgan fingerprint density at radius 1 is 1.07 bits per heavy atom. The molecule has 212 valence electrons. The van der Waals surface area contributed by atoms with Gasteiger partial charge >= 0.3 is 5.63 Å². The van der Waals surface area contributed by atoms with E-state index in [1.807, 2.05) is 79.7 Å². The van der Waals surface area contributed by atoms with Gasteiger partial charge in [-0.2, -0.15) is 0 Å². The quantitative estimate of drug-likeness (QED) is 0.174. The highest BCUT2D eigenvalue weighted by molar-refractivity contribution is 6.00. The number of aromatic nitrogens is 2. The highest BCUT2D eigenvalue weighted by atomic mass is 16.5. The predicted octanol–water partition coefficient (Wildman–Crippen LogP) is 6.00. The fraction of sp³-hybridized carbons (Fsp3) is 0.212. The minimum atomic E-state index is -0.684. The van der Waals surface area contributed by atoms with E-state index in [0.717, 1.165) is 11.1 Å². The number of carbonyl (C=O) groups is 1. The van der Waals surface area contributed by atoms with Gasteiger partial charge in [0.05, 0.1) is 18.4 Å². The second kappa shape index (κ2) is 11.9. The number of nitrogens with one attached hydrogen (secondary N) is 2. The van der Waals surface area contributed by atoms with Gasteiger partial charge in [-0.1, -0.05) is 42.5 Å². The first kappa shape index (κ1) is 27.3. The van der Waals surface area contributed by atoms with Crippen LogP contribution in [0.3, 0.4) is 0 Å². The summed E-state index contributed by atoms with van der Waals surface area (Å²) in [4.78, 5) is 34.4. The molecular formula is C33H30N4O5. The second-order valence-corrected chi connectivity index (χ2v) is 10.1. The van der Waals surface area contributed by atoms with Crippen LogP contribution < -0.4 is 21.0 Å². The number of ether oxygens (including phenoxy) is 2. The van der Waals surface area contributed by atoms with Crippen LogP contribution in [0.25, 0.3) is 22.2 Å². The molecule has 0 amide bonds. The van der Waals surface area contributed by atoms with Crippen LogP contribution >= 0.6 is 0 Å². The van der Waals surface area contributed by atoms with Gasteiger partial charge in [-0.15, -0.1) is 0 Å². The third kappa shape index (κ3) is 5.65. The molecule has 1 aliphatic rings. The molecule has 1 fully saturated rings. The van der Waals surface area contributed by atoms with Crippen molar-refractivity contribution in [1.29, 1.82) is 0 Å². The first-order valence-electron chi connectivity index (χ1n) is 13.8. The minimum absolute atomic E-state index is 0.0235. The fourth-order valence-electron chi connectivity index (χ4n) is 5.18. The maximum atomic E-state index is 12.9. The molecule has 42 heavy (non-hydrogen) atoms. The Balaban J connectivity index is 1.30. The number of carbonyl (C=O) groups excluding carboxylic acids is 1. The van der Waals surface area contributed by atoms with Gasteiger partial charge in [-0.3, -0.25) is 4.79 Å². The number of fused-ring (bicyclic) bond motifs is 1. The van der Waals surface area contributed by atoms with Crippen LogP contribution in [-0.4, -0.2) is 35.4 Å². The molecule has 9 heteroatoms. The molecule has 6 rings (SSSR count). The predicted molar refractivity (Wildman–Crippen MR) is 160 cm³/mol. The standard InChI is InChI=1S/C33H30N4O5/c1-20(38)30-31(29-19-34-16-17-40-29)25-13-12-23(18-28(25)42-32(30)39)36-33-35-15-14-26(37-33)24-10-6-7-11-27(24)41-21(2)22-8-4-3-5-9-22/h3-15,18,21,29,34H,16-17,19H2,1-2H3,(H,35,36,37). The van der Waals surface area contributed by atoms with Gasteiger partial charge in [0, 0.05) is 47.6 Å². The van der Waals surface area contributed by atoms with Crippen LogP contribution in [0.5, 0.6) is 5.75 Å². The molecule has 2 unspecified atom stereocenters. The number of hydrogen-bond donors (Lipinski definition) is 2. The number of anilines is 2.